The average molecular weight is 358 g/mol. The molecular weight excluding hydrogens is 332 g/mol. The minimum Gasteiger partial charge on any atom is -0.494 e. The molecule has 0 saturated heterocycles. The third-order valence-electron chi connectivity index (χ3n) is 4.20. The minimum absolute atomic E-state index is 0.383. The molecule has 2 aromatic rings. The molecule has 0 radical (unpaired) electrons. The molecule has 6 heteroatoms. The van der Waals surface area contributed by atoms with E-state index in [-0.39, 0.29) is 5.91 Å². The molecule has 1 atom stereocenters. The Morgan fingerprint density at radius 3 is 2.35 bits per heavy atom. The lowest BCUT2D eigenvalue weighted by molar-refractivity contribution is -0.123. The van der Waals surface area contributed by atoms with Crippen LogP contribution in [0.1, 0.15) is 42.5 Å². The van der Waals surface area contributed by atoms with E-state index in [1.54, 1.807) is 37.3 Å². The lowest BCUT2D eigenvalue weighted by Gasteiger charge is -2.14. The van der Waals surface area contributed by atoms with Crippen molar-refractivity contribution in [3.63, 3.8) is 0 Å². The number of hydrogen-bond donors (Lipinski definition) is 1. The number of aromatic nitrogens is 1. The van der Waals surface area contributed by atoms with Gasteiger partial charge in [0.15, 0.2) is 6.10 Å². The number of nitrogens with zero attached hydrogens (tertiary/aromatic N) is 1. The van der Waals surface area contributed by atoms with Crippen LogP contribution in [0.2, 0.25) is 0 Å². The summed E-state index contributed by atoms with van der Waals surface area (Å²) in [4.78, 5) is 24.7. The van der Waals surface area contributed by atoms with Crippen molar-refractivity contribution in [3.8, 4) is 5.75 Å². The first-order chi connectivity index (χ1) is 12.4. The molecule has 1 aromatic carbocycles. The largest absolute Gasteiger partial charge is 0.494 e. The summed E-state index contributed by atoms with van der Waals surface area (Å²) in [6.45, 7) is 10.6. The van der Waals surface area contributed by atoms with Crippen LogP contribution in [-0.4, -0.2) is 29.2 Å². The second kappa shape index (κ2) is 8.56. The number of aryl methyl sites for hydroxylation is 1. The maximum absolute atomic E-state index is 12.4. The molecule has 0 aliphatic heterocycles. The van der Waals surface area contributed by atoms with Gasteiger partial charge in [0.1, 0.15) is 5.75 Å². The Bertz CT molecular complexity index is 778. The predicted molar refractivity (Wildman–Crippen MR) is 101 cm³/mol. The fraction of sp³-hybridized carbons (Fsp3) is 0.400. The molecule has 0 bridgehead atoms. The highest BCUT2D eigenvalue weighted by Gasteiger charge is 2.22. The Labute approximate surface area is 154 Å². The molecule has 1 N–H and O–H groups in total. The molecule has 1 aromatic heterocycles. The Kier molecular flexibility index (Phi) is 6.44. The quantitative estimate of drug-likeness (QED) is 0.766. The van der Waals surface area contributed by atoms with Crippen molar-refractivity contribution in [2.75, 3.05) is 11.9 Å². The van der Waals surface area contributed by atoms with Crippen molar-refractivity contribution >= 4 is 17.6 Å². The molecule has 26 heavy (non-hydrogen) atoms. The molecule has 0 spiro atoms. The molecule has 0 aliphatic rings. The van der Waals surface area contributed by atoms with Crippen LogP contribution in [0.15, 0.2) is 30.3 Å². The first-order valence-electron chi connectivity index (χ1n) is 8.78. The molecule has 140 valence electrons. The highest BCUT2D eigenvalue weighted by atomic mass is 16.5. The van der Waals surface area contributed by atoms with Crippen molar-refractivity contribution in [2.24, 2.45) is 0 Å². The van der Waals surface area contributed by atoms with E-state index in [0.717, 1.165) is 23.7 Å². The SMILES string of the molecule is CCOc1ccc(NC(=O)[C@@H](C)OC(=O)c2cc(C)n(CC)c2C)cc1. The van der Waals surface area contributed by atoms with Gasteiger partial charge in [-0.2, -0.15) is 0 Å². The minimum atomic E-state index is -0.904. The zero-order chi connectivity index (χ0) is 19.3. The standard InChI is InChI=1S/C20H26N2O4/c1-6-22-13(3)12-18(14(22)4)20(24)26-15(5)19(23)21-16-8-10-17(11-9-16)25-7-2/h8-12,15H,6-7H2,1-5H3,(H,21,23)/t15-/m1/s1. The molecule has 0 saturated carbocycles. The number of esters is 1. The zero-order valence-electron chi connectivity index (χ0n) is 16.0. The van der Waals surface area contributed by atoms with Crippen LogP contribution in [-0.2, 0) is 16.1 Å². The maximum atomic E-state index is 12.4. The van der Waals surface area contributed by atoms with E-state index in [2.05, 4.69) is 5.32 Å². The summed E-state index contributed by atoms with van der Waals surface area (Å²) in [5, 5.41) is 2.73. The summed E-state index contributed by atoms with van der Waals surface area (Å²) in [5.74, 6) is -0.143. The Morgan fingerprint density at radius 1 is 1.15 bits per heavy atom. The molecule has 0 aliphatic carbocycles. The summed E-state index contributed by atoms with van der Waals surface area (Å²) in [6, 6.07) is 8.82. The van der Waals surface area contributed by atoms with E-state index in [9.17, 15) is 9.59 Å². The Hall–Kier alpha value is -2.76. The zero-order valence-corrected chi connectivity index (χ0v) is 16.0. The fourth-order valence-corrected chi connectivity index (χ4v) is 2.82. The number of benzene rings is 1. The van der Waals surface area contributed by atoms with Gasteiger partial charge in [-0.25, -0.2) is 4.79 Å². The van der Waals surface area contributed by atoms with E-state index >= 15 is 0 Å². The van der Waals surface area contributed by atoms with Gasteiger partial charge >= 0.3 is 5.97 Å². The number of anilines is 1. The number of hydrogen-bond acceptors (Lipinski definition) is 4. The third kappa shape index (κ3) is 4.45. The number of amides is 1. The van der Waals surface area contributed by atoms with Crippen molar-refractivity contribution in [2.45, 2.75) is 47.3 Å². The third-order valence-corrected chi connectivity index (χ3v) is 4.20. The van der Waals surface area contributed by atoms with E-state index in [0.29, 0.717) is 17.9 Å². The molecule has 1 heterocycles. The molecule has 0 fully saturated rings. The second-order valence-electron chi connectivity index (χ2n) is 6.02. The summed E-state index contributed by atoms with van der Waals surface area (Å²) >= 11 is 0. The average Bonchev–Trinajstić information content (AvgIpc) is 2.90. The van der Waals surface area contributed by atoms with Gasteiger partial charge < -0.3 is 19.4 Å². The lowest BCUT2D eigenvalue weighted by Crippen LogP contribution is -2.30. The van der Waals surface area contributed by atoms with Crippen LogP contribution in [0.5, 0.6) is 5.75 Å². The monoisotopic (exact) mass is 358 g/mol. The smallest absolute Gasteiger partial charge is 0.340 e. The van der Waals surface area contributed by atoms with Gasteiger partial charge in [-0.1, -0.05) is 0 Å². The summed E-state index contributed by atoms with van der Waals surface area (Å²) < 4.78 is 12.7. The van der Waals surface area contributed by atoms with Crippen molar-refractivity contribution in [3.05, 3.63) is 47.3 Å². The van der Waals surface area contributed by atoms with Crippen LogP contribution in [0.4, 0.5) is 5.69 Å². The first-order valence-corrected chi connectivity index (χ1v) is 8.78. The first kappa shape index (κ1) is 19.6. The highest BCUT2D eigenvalue weighted by Crippen LogP contribution is 2.18. The van der Waals surface area contributed by atoms with E-state index in [1.807, 2.05) is 32.3 Å². The number of carbonyl (C=O) groups is 2. The van der Waals surface area contributed by atoms with Crippen LogP contribution in [0.3, 0.4) is 0 Å². The van der Waals surface area contributed by atoms with Crippen molar-refractivity contribution in [1.29, 1.82) is 0 Å². The van der Waals surface area contributed by atoms with Gasteiger partial charge in [-0.05, 0) is 65.0 Å². The van der Waals surface area contributed by atoms with Crippen molar-refractivity contribution < 1.29 is 19.1 Å². The topological polar surface area (TPSA) is 69.6 Å². The predicted octanol–water partition coefficient (Wildman–Crippen LogP) is 3.71. The van der Waals surface area contributed by atoms with Gasteiger partial charge in [-0.3, -0.25) is 4.79 Å². The second-order valence-corrected chi connectivity index (χ2v) is 6.02. The number of ether oxygens (including phenoxy) is 2. The van der Waals surface area contributed by atoms with E-state index < -0.39 is 12.1 Å². The summed E-state index contributed by atoms with van der Waals surface area (Å²) in [5.41, 5.74) is 2.94. The number of nitrogens with one attached hydrogen (secondary N) is 1. The Balaban J connectivity index is 1.99. The highest BCUT2D eigenvalue weighted by molar-refractivity contribution is 5.97. The molecule has 1 amide bonds. The van der Waals surface area contributed by atoms with E-state index in [1.165, 1.54) is 0 Å². The lowest BCUT2D eigenvalue weighted by atomic mass is 10.2. The summed E-state index contributed by atoms with van der Waals surface area (Å²) in [7, 11) is 0. The number of carbonyl (C=O) groups excluding carboxylic acids is 2. The Morgan fingerprint density at radius 2 is 1.81 bits per heavy atom. The van der Waals surface area contributed by atoms with Crippen molar-refractivity contribution in [1.82, 2.24) is 4.57 Å². The number of rotatable bonds is 7. The van der Waals surface area contributed by atoms with E-state index in [4.69, 9.17) is 9.47 Å². The van der Waals surface area contributed by atoms with Gasteiger partial charge in [0.05, 0.1) is 12.2 Å². The van der Waals surface area contributed by atoms with Gasteiger partial charge in [0.2, 0.25) is 0 Å². The molecule has 6 nitrogen and oxygen atoms in total. The molecule has 0 unspecified atom stereocenters. The van der Waals surface area contributed by atoms with Gasteiger partial charge in [0.25, 0.3) is 5.91 Å². The molecular formula is C20H26N2O4. The summed E-state index contributed by atoms with van der Waals surface area (Å²) in [6.07, 6.45) is -0.904. The van der Waals surface area contributed by atoms with Gasteiger partial charge in [0, 0.05) is 23.6 Å². The van der Waals surface area contributed by atoms with Gasteiger partial charge in [-0.15, -0.1) is 0 Å². The normalized spacial score (nSPS) is 11.7. The van der Waals surface area contributed by atoms with Crippen LogP contribution in [0.25, 0.3) is 0 Å². The van der Waals surface area contributed by atoms with Crippen LogP contribution >= 0.6 is 0 Å². The maximum Gasteiger partial charge on any atom is 0.340 e. The van der Waals surface area contributed by atoms with Crippen LogP contribution in [0, 0.1) is 13.8 Å². The van der Waals surface area contributed by atoms with Crippen LogP contribution < -0.4 is 10.1 Å². The molecule has 2 rings (SSSR count). The fourth-order valence-electron chi connectivity index (χ4n) is 2.82.